The van der Waals surface area contributed by atoms with Crippen LogP contribution in [0.1, 0.15) is 5.56 Å². The van der Waals surface area contributed by atoms with Crippen LogP contribution in [-0.4, -0.2) is 17.8 Å². The maximum Gasteiger partial charge on any atom is 0.180 e. The molecule has 66 valence electrons. The molecule has 0 spiro atoms. The first-order valence-corrected chi connectivity index (χ1v) is 3.76. The smallest absolute Gasteiger partial charge is 0.180 e. The minimum atomic E-state index is -0.243. The number of nitrogens with zero attached hydrogens (tertiary/aromatic N) is 1. The molecule has 1 atom stereocenters. The number of aromatic nitrogens is 1. The summed E-state index contributed by atoms with van der Waals surface area (Å²) in [6.07, 6.45) is 3.43. The molecule has 1 rings (SSSR count). The van der Waals surface area contributed by atoms with E-state index in [0.717, 1.165) is 5.56 Å². The first kappa shape index (κ1) is 8.96. The van der Waals surface area contributed by atoms with Crippen LogP contribution in [0, 0.1) is 5.21 Å². The van der Waals surface area contributed by atoms with Crippen LogP contribution in [0.3, 0.4) is 0 Å². The quantitative estimate of drug-likeness (QED) is 0.457. The third-order valence-corrected chi connectivity index (χ3v) is 1.60. The summed E-state index contributed by atoms with van der Waals surface area (Å²) in [6, 6.07) is 3.15. The number of nitrogens with two attached hydrogens (primary N) is 1. The summed E-state index contributed by atoms with van der Waals surface area (Å²) in [4.78, 5) is 0. The molecule has 0 aliphatic heterocycles. The van der Waals surface area contributed by atoms with Crippen molar-refractivity contribution in [3.8, 4) is 0 Å². The van der Waals surface area contributed by atoms with Crippen molar-refractivity contribution in [3.63, 3.8) is 0 Å². The Morgan fingerprint density at radius 1 is 1.50 bits per heavy atom. The molecule has 12 heavy (non-hydrogen) atoms. The molecule has 3 N–H and O–H groups in total. The molecule has 4 nitrogen and oxygen atoms in total. The third kappa shape index (κ3) is 2.48. The van der Waals surface area contributed by atoms with E-state index < -0.39 is 0 Å². The van der Waals surface area contributed by atoms with Crippen LogP contribution < -0.4 is 10.5 Å². The Hall–Kier alpha value is -1.13. The molecule has 0 amide bonds. The molecule has 0 aliphatic rings. The van der Waals surface area contributed by atoms with Crippen LogP contribution in [0.15, 0.2) is 24.5 Å². The van der Waals surface area contributed by atoms with Crippen molar-refractivity contribution in [1.29, 1.82) is 0 Å². The Morgan fingerprint density at radius 2 is 2.08 bits per heavy atom. The van der Waals surface area contributed by atoms with Gasteiger partial charge < -0.3 is 16.0 Å². The van der Waals surface area contributed by atoms with E-state index in [1.54, 1.807) is 12.1 Å². The van der Waals surface area contributed by atoms with Crippen molar-refractivity contribution in [2.75, 3.05) is 6.61 Å². The lowest BCUT2D eigenvalue weighted by Gasteiger charge is -2.06. The van der Waals surface area contributed by atoms with Gasteiger partial charge in [-0.3, -0.25) is 0 Å². The van der Waals surface area contributed by atoms with Gasteiger partial charge in [0.05, 0.1) is 6.61 Å². The van der Waals surface area contributed by atoms with Crippen LogP contribution in [0.5, 0.6) is 0 Å². The van der Waals surface area contributed by atoms with Crippen LogP contribution >= 0.6 is 0 Å². The number of aliphatic hydroxyl groups excluding tert-OH is 1. The zero-order valence-corrected chi connectivity index (χ0v) is 6.68. The van der Waals surface area contributed by atoms with Gasteiger partial charge in [-0.1, -0.05) is 0 Å². The summed E-state index contributed by atoms with van der Waals surface area (Å²) < 4.78 is 0.716. The second-order valence-corrected chi connectivity index (χ2v) is 2.71. The van der Waals surface area contributed by atoms with Crippen molar-refractivity contribution in [2.24, 2.45) is 5.73 Å². The van der Waals surface area contributed by atoms with E-state index in [-0.39, 0.29) is 12.6 Å². The maximum absolute atomic E-state index is 10.6. The van der Waals surface area contributed by atoms with Gasteiger partial charge in [0.15, 0.2) is 12.4 Å². The highest BCUT2D eigenvalue weighted by Crippen LogP contribution is 1.98. The predicted octanol–water partition coefficient (Wildman–Crippen LogP) is -0.818. The lowest BCUT2D eigenvalue weighted by molar-refractivity contribution is -0.605. The summed E-state index contributed by atoms with van der Waals surface area (Å²) in [6.45, 7) is -0.0354. The molecular formula is C8H12N2O2. The van der Waals surface area contributed by atoms with E-state index in [9.17, 15) is 5.21 Å². The second-order valence-electron chi connectivity index (χ2n) is 2.71. The summed E-state index contributed by atoms with van der Waals surface area (Å²) in [5.41, 5.74) is 6.47. The topological polar surface area (TPSA) is 73.2 Å². The molecule has 4 heteroatoms. The van der Waals surface area contributed by atoms with Gasteiger partial charge in [0.2, 0.25) is 0 Å². The number of hydrogen-bond donors (Lipinski definition) is 2. The molecule has 1 heterocycles. The standard InChI is InChI=1S/C8H12N2O2/c9-8(6-11)5-7-1-3-10(12)4-2-7/h1-4,8,11H,5-6,9H2. The van der Waals surface area contributed by atoms with E-state index in [4.69, 9.17) is 10.8 Å². The summed E-state index contributed by atoms with van der Waals surface area (Å²) in [7, 11) is 0. The number of pyridine rings is 1. The molecule has 0 saturated carbocycles. The Labute approximate surface area is 70.8 Å². The second kappa shape index (κ2) is 4.04. The van der Waals surface area contributed by atoms with Gasteiger partial charge in [-0.25, -0.2) is 0 Å². The molecule has 1 unspecified atom stereocenters. The van der Waals surface area contributed by atoms with E-state index in [2.05, 4.69) is 0 Å². The van der Waals surface area contributed by atoms with Crippen molar-refractivity contribution in [2.45, 2.75) is 12.5 Å². The highest BCUT2D eigenvalue weighted by molar-refractivity contribution is 5.08. The van der Waals surface area contributed by atoms with Gasteiger partial charge in [-0.05, 0) is 12.0 Å². The third-order valence-electron chi connectivity index (χ3n) is 1.60. The Bertz CT molecular complexity index is 235. The fraction of sp³-hybridized carbons (Fsp3) is 0.375. The zero-order valence-electron chi connectivity index (χ0n) is 6.68. The molecule has 0 aromatic carbocycles. The fourth-order valence-corrected chi connectivity index (χ4v) is 0.947. The van der Waals surface area contributed by atoms with Gasteiger partial charge in [-0.2, -0.15) is 4.73 Å². The predicted molar refractivity (Wildman–Crippen MR) is 44.2 cm³/mol. The monoisotopic (exact) mass is 168 g/mol. The highest BCUT2D eigenvalue weighted by atomic mass is 16.5. The van der Waals surface area contributed by atoms with Crippen molar-refractivity contribution < 1.29 is 9.84 Å². The van der Waals surface area contributed by atoms with E-state index >= 15 is 0 Å². The number of hydrogen-bond acceptors (Lipinski definition) is 3. The molecular weight excluding hydrogens is 156 g/mol. The molecule has 1 aromatic heterocycles. The van der Waals surface area contributed by atoms with Gasteiger partial charge in [0.25, 0.3) is 0 Å². The molecule has 1 aromatic rings. The number of aliphatic hydroxyl groups is 1. The Kier molecular flexibility index (Phi) is 3.01. The van der Waals surface area contributed by atoms with Gasteiger partial charge in [0.1, 0.15) is 0 Å². The zero-order chi connectivity index (χ0) is 8.97. The minimum Gasteiger partial charge on any atom is -0.619 e. The van der Waals surface area contributed by atoms with Crippen LogP contribution in [-0.2, 0) is 6.42 Å². The van der Waals surface area contributed by atoms with E-state index in [0.29, 0.717) is 11.2 Å². The minimum absolute atomic E-state index is 0.0354. The summed E-state index contributed by atoms with van der Waals surface area (Å²) in [5.74, 6) is 0. The van der Waals surface area contributed by atoms with E-state index in [1.165, 1.54) is 12.4 Å². The van der Waals surface area contributed by atoms with Crippen molar-refractivity contribution in [3.05, 3.63) is 35.3 Å². The normalized spacial score (nSPS) is 12.8. The van der Waals surface area contributed by atoms with Gasteiger partial charge >= 0.3 is 0 Å². The Balaban J connectivity index is 2.58. The van der Waals surface area contributed by atoms with Gasteiger partial charge in [0, 0.05) is 18.2 Å². The van der Waals surface area contributed by atoms with Crippen LogP contribution in [0.25, 0.3) is 0 Å². The molecule has 0 bridgehead atoms. The summed E-state index contributed by atoms with van der Waals surface area (Å²) >= 11 is 0. The lowest BCUT2D eigenvalue weighted by atomic mass is 10.1. The SMILES string of the molecule is NC(CO)Cc1cc[n+]([O-])cc1. The average molecular weight is 168 g/mol. The molecule has 0 fully saturated rings. The first-order valence-electron chi connectivity index (χ1n) is 3.76. The fourth-order valence-electron chi connectivity index (χ4n) is 0.947. The van der Waals surface area contributed by atoms with Gasteiger partial charge in [-0.15, -0.1) is 0 Å². The largest absolute Gasteiger partial charge is 0.619 e. The van der Waals surface area contributed by atoms with Crippen LogP contribution in [0.4, 0.5) is 0 Å². The van der Waals surface area contributed by atoms with Crippen molar-refractivity contribution >= 4 is 0 Å². The average Bonchev–Trinajstić information content (AvgIpc) is 2.09. The summed E-state index contributed by atoms with van der Waals surface area (Å²) in [5, 5.41) is 19.3. The van der Waals surface area contributed by atoms with Crippen LogP contribution in [0.2, 0.25) is 0 Å². The number of rotatable bonds is 3. The van der Waals surface area contributed by atoms with E-state index in [1.807, 2.05) is 0 Å². The van der Waals surface area contributed by atoms with Crippen molar-refractivity contribution in [1.82, 2.24) is 0 Å². The highest BCUT2D eigenvalue weighted by Gasteiger charge is 2.02. The maximum atomic E-state index is 10.6. The molecule has 0 aliphatic carbocycles. The first-order chi connectivity index (χ1) is 5.72. The lowest BCUT2D eigenvalue weighted by Crippen LogP contribution is -2.28. The molecule has 0 radical (unpaired) electrons. The molecule has 0 saturated heterocycles. The Morgan fingerprint density at radius 3 is 2.58 bits per heavy atom.